The maximum absolute atomic E-state index is 13.1. The third-order valence-electron chi connectivity index (χ3n) is 5.37. The van der Waals surface area contributed by atoms with Crippen molar-refractivity contribution in [3.8, 4) is 11.8 Å². The molecule has 1 fully saturated rings. The standard InChI is InChI=1S/C23H20N8O2/c1-25-18-11-20(29-31-19(13-26-21(18)31)22(32)27-15-6-7-15)28-17-3-2-10-30(23(17)33)16-8-4-14(12-24)5-9-16/h2-5,8-11,13,15,25H,6-7H2,1H3,(H,27,32)(H,28,29). The molecule has 0 bridgehead atoms. The molecule has 3 N–H and O–H groups in total. The Labute approximate surface area is 188 Å². The third kappa shape index (κ3) is 3.87. The second-order valence-corrected chi connectivity index (χ2v) is 7.70. The first-order valence-electron chi connectivity index (χ1n) is 10.4. The quantitative estimate of drug-likeness (QED) is 0.420. The summed E-state index contributed by atoms with van der Waals surface area (Å²) in [5.74, 6) is 0.139. The van der Waals surface area contributed by atoms with Crippen LogP contribution in [-0.2, 0) is 0 Å². The Morgan fingerprint density at radius 1 is 1.18 bits per heavy atom. The van der Waals surface area contributed by atoms with Crippen LogP contribution in [0.3, 0.4) is 0 Å². The maximum Gasteiger partial charge on any atom is 0.278 e. The minimum Gasteiger partial charge on any atom is -0.385 e. The Kier molecular flexibility index (Phi) is 4.99. The van der Waals surface area contributed by atoms with Gasteiger partial charge in [-0.15, -0.1) is 5.10 Å². The number of fused-ring (bicyclic) bond motifs is 1. The lowest BCUT2D eigenvalue weighted by molar-refractivity contribution is 0.0944. The Hall–Kier alpha value is -4.65. The van der Waals surface area contributed by atoms with Crippen molar-refractivity contribution in [1.29, 1.82) is 5.26 Å². The van der Waals surface area contributed by atoms with E-state index in [1.807, 2.05) is 0 Å². The number of pyridine rings is 1. The lowest BCUT2D eigenvalue weighted by Crippen LogP contribution is -2.27. The summed E-state index contributed by atoms with van der Waals surface area (Å²) in [6.45, 7) is 0. The lowest BCUT2D eigenvalue weighted by Gasteiger charge is -2.12. The highest BCUT2D eigenvalue weighted by molar-refractivity contribution is 5.94. The van der Waals surface area contributed by atoms with E-state index >= 15 is 0 Å². The molecule has 0 saturated heterocycles. The molecule has 0 unspecified atom stereocenters. The van der Waals surface area contributed by atoms with Gasteiger partial charge in [-0.2, -0.15) is 5.26 Å². The van der Waals surface area contributed by atoms with Crippen molar-refractivity contribution in [2.24, 2.45) is 0 Å². The smallest absolute Gasteiger partial charge is 0.278 e. The molecule has 10 heteroatoms. The third-order valence-corrected chi connectivity index (χ3v) is 5.37. The molecular formula is C23H20N8O2. The second kappa shape index (κ2) is 8.12. The van der Waals surface area contributed by atoms with Gasteiger partial charge >= 0.3 is 0 Å². The number of nitrogens with zero attached hydrogens (tertiary/aromatic N) is 5. The minimum absolute atomic E-state index is 0.207. The number of nitriles is 1. The maximum atomic E-state index is 13.1. The normalized spacial score (nSPS) is 12.8. The highest BCUT2D eigenvalue weighted by atomic mass is 16.2. The number of rotatable bonds is 6. The molecule has 5 rings (SSSR count). The number of imidazole rings is 1. The van der Waals surface area contributed by atoms with Crippen LogP contribution >= 0.6 is 0 Å². The molecule has 3 heterocycles. The van der Waals surface area contributed by atoms with E-state index in [-0.39, 0.29) is 17.5 Å². The van der Waals surface area contributed by atoms with Crippen molar-refractivity contribution in [3.05, 3.63) is 76.5 Å². The van der Waals surface area contributed by atoms with Gasteiger partial charge in [-0.05, 0) is 49.2 Å². The first-order valence-corrected chi connectivity index (χ1v) is 10.4. The average Bonchev–Trinajstić information content (AvgIpc) is 3.55. The summed E-state index contributed by atoms with van der Waals surface area (Å²) in [6.07, 6.45) is 5.10. The highest BCUT2D eigenvalue weighted by Gasteiger charge is 2.26. The molecule has 1 amide bonds. The first kappa shape index (κ1) is 20.3. The molecule has 10 nitrogen and oxygen atoms in total. The molecular weight excluding hydrogens is 420 g/mol. The van der Waals surface area contributed by atoms with E-state index in [1.165, 1.54) is 15.3 Å². The fraction of sp³-hybridized carbons (Fsp3) is 0.174. The van der Waals surface area contributed by atoms with Crippen molar-refractivity contribution in [1.82, 2.24) is 24.5 Å². The van der Waals surface area contributed by atoms with E-state index in [9.17, 15) is 9.59 Å². The van der Waals surface area contributed by atoms with Gasteiger partial charge in [0.1, 0.15) is 5.69 Å². The van der Waals surface area contributed by atoms with E-state index in [2.05, 4.69) is 32.1 Å². The van der Waals surface area contributed by atoms with Gasteiger partial charge < -0.3 is 16.0 Å². The fourth-order valence-corrected chi connectivity index (χ4v) is 3.48. The zero-order valence-corrected chi connectivity index (χ0v) is 17.7. The van der Waals surface area contributed by atoms with E-state index in [1.54, 1.807) is 55.7 Å². The van der Waals surface area contributed by atoms with Crippen LogP contribution in [0.25, 0.3) is 11.3 Å². The number of hydrogen-bond acceptors (Lipinski definition) is 7. The highest BCUT2D eigenvalue weighted by Crippen LogP contribution is 2.23. The van der Waals surface area contributed by atoms with Crippen molar-refractivity contribution >= 4 is 28.7 Å². The number of hydrogen-bond donors (Lipinski definition) is 3. The fourth-order valence-electron chi connectivity index (χ4n) is 3.48. The molecule has 33 heavy (non-hydrogen) atoms. The number of anilines is 3. The van der Waals surface area contributed by atoms with Crippen molar-refractivity contribution < 1.29 is 4.79 Å². The van der Waals surface area contributed by atoms with Gasteiger partial charge in [0.2, 0.25) is 0 Å². The number of aromatic nitrogens is 4. The summed E-state index contributed by atoms with van der Waals surface area (Å²) in [5.41, 5.74) is 2.65. The molecule has 0 radical (unpaired) electrons. The van der Waals surface area contributed by atoms with Gasteiger partial charge in [0.25, 0.3) is 11.5 Å². The van der Waals surface area contributed by atoms with Crippen molar-refractivity contribution in [2.45, 2.75) is 18.9 Å². The molecule has 0 spiro atoms. The summed E-state index contributed by atoms with van der Waals surface area (Å²) in [4.78, 5) is 30.1. The molecule has 4 aromatic rings. The predicted molar refractivity (Wildman–Crippen MR) is 123 cm³/mol. The van der Waals surface area contributed by atoms with Gasteiger partial charge in [-0.25, -0.2) is 9.50 Å². The minimum atomic E-state index is -0.285. The predicted octanol–water partition coefficient (Wildman–Crippen LogP) is 2.43. The number of carbonyl (C=O) groups excluding carboxylic acids is 1. The topological polar surface area (TPSA) is 129 Å². The summed E-state index contributed by atoms with van der Waals surface area (Å²) in [6, 6.07) is 14.1. The van der Waals surface area contributed by atoms with E-state index in [0.29, 0.717) is 39.8 Å². The van der Waals surface area contributed by atoms with Crippen LogP contribution < -0.4 is 21.5 Å². The Balaban J connectivity index is 1.51. The summed E-state index contributed by atoms with van der Waals surface area (Å²) < 4.78 is 2.95. The number of nitrogens with one attached hydrogen (secondary N) is 3. The van der Waals surface area contributed by atoms with Crippen LogP contribution in [0.4, 0.5) is 17.2 Å². The van der Waals surface area contributed by atoms with Crippen LogP contribution in [0.2, 0.25) is 0 Å². The van der Waals surface area contributed by atoms with Crippen LogP contribution in [0, 0.1) is 11.3 Å². The number of carbonyl (C=O) groups is 1. The van der Waals surface area contributed by atoms with Crippen molar-refractivity contribution in [2.75, 3.05) is 17.7 Å². The van der Waals surface area contributed by atoms with Crippen LogP contribution in [0.5, 0.6) is 0 Å². The molecule has 164 valence electrons. The van der Waals surface area contributed by atoms with Gasteiger partial charge in [-0.1, -0.05) is 0 Å². The first-order chi connectivity index (χ1) is 16.1. The molecule has 3 aromatic heterocycles. The Bertz CT molecular complexity index is 1460. The zero-order chi connectivity index (χ0) is 22.9. The SMILES string of the molecule is CNc1cc(Nc2cccn(-c3ccc(C#N)cc3)c2=O)nn2c(C(=O)NC3CC3)cnc12. The van der Waals surface area contributed by atoms with Crippen LogP contribution in [-0.4, -0.2) is 38.2 Å². The van der Waals surface area contributed by atoms with Gasteiger partial charge in [0.15, 0.2) is 17.2 Å². The molecule has 0 aliphatic heterocycles. The monoisotopic (exact) mass is 440 g/mol. The summed E-state index contributed by atoms with van der Waals surface area (Å²) >= 11 is 0. The van der Waals surface area contributed by atoms with Gasteiger partial charge in [0, 0.05) is 31.0 Å². The summed E-state index contributed by atoms with van der Waals surface area (Å²) in [5, 5.41) is 22.6. The Morgan fingerprint density at radius 3 is 2.67 bits per heavy atom. The van der Waals surface area contributed by atoms with Crippen LogP contribution in [0.15, 0.2) is 59.7 Å². The van der Waals surface area contributed by atoms with Gasteiger partial charge in [0.05, 0.1) is 23.5 Å². The molecule has 1 saturated carbocycles. The molecule has 1 aliphatic rings. The summed E-state index contributed by atoms with van der Waals surface area (Å²) in [7, 11) is 1.75. The lowest BCUT2D eigenvalue weighted by atomic mass is 10.2. The average molecular weight is 440 g/mol. The molecule has 1 aliphatic carbocycles. The number of amides is 1. The zero-order valence-electron chi connectivity index (χ0n) is 17.7. The second-order valence-electron chi connectivity index (χ2n) is 7.70. The van der Waals surface area contributed by atoms with Gasteiger partial charge in [-0.3, -0.25) is 14.2 Å². The van der Waals surface area contributed by atoms with E-state index in [0.717, 1.165) is 12.8 Å². The molecule has 0 atom stereocenters. The largest absolute Gasteiger partial charge is 0.385 e. The van der Waals surface area contributed by atoms with E-state index < -0.39 is 0 Å². The van der Waals surface area contributed by atoms with Crippen molar-refractivity contribution in [3.63, 3.8) is 0 Å². The molecule has 1 aromatic carbocycles. The van der Waals surface area contributed by atoms with Crippen LogP contribution in [0.1, 0.15) is 28.9 Å². The Morgan fingerprint density at radius 2 is 1.97 bits per heavy atom. The number of benzene rings is 1. The van der Waals surface area contributed by atoms with E-state index in [4.69, 9.17) is 5.26 Å².